The van der Waals surface area contributed by atoms with E-state index in [2.05, 4.69) is 25.4 Å². The van der Waals surface area contributed by atoms with Crippen molar-refractivity contribution in [3.63, 3.8) is 0 Å². The SMILES string of the molecule is CCn1cc(C(=O)NCCNC(=O)c2n[nH]c3ccccc23)c2ccccc21. The Morgan fingerprint density at radius 3 is 2.43 bits per heavy atom. The van der Waals surface area contributed by atoms with Crippen molar-refractivity contribution in [2.24, 2.45) is 0 Å². The van der Waals surface area contributed by atoms with Crippen molar-refractivity contribution in [3.8, 4) is 0 Å². The molecule has 3 N–H and O–H groups in total. The number of H-pyrrole nitrogens is 1. The molecule has 0 aliphatic carbocycles. The zero-order valence-corrected chi connectivity index (χ0v) is 15.5. The summed E-state index contributed by atoms with van der Waals surface area (Å²) in [6.45, 7) is 3.49. The minimum atomic E-state index is -0.269. The highest BCUT2D eigenvalue weighted by molar-refractivity contribution is 6.07. The van der Waals surface area contributed by atoms with Gasteiger partial charge in [-0.15, -0.1) is 0 Å². The number of hydrogen-bond acceptors (Lipinski definition) is 3. The van der Waals surface area contributed by atoms with Crippen molar-refractivity contribution in [3.05, 3.63) is 66.0 Å². The van der Waals surface area contributed by atoms with Crippen LogP contribution >= 0.6 is 0 Å². The van der Waals surface area contributed by atoms with Crippen LogP contribution in [0.1, 0.15) is 27.8 Å². The van der Waals surface area contributed by atoms with E-state index in [0.29, 0.717) is 24.3 Å². The van der Waals surface area contributed by atoms with E-state index in [1.54, 1.807) is 0 Å². The van der Waals surface area contributed by atoms with Crippen LogP contribution in [0, 0.1) is 0 Å². The molecule has 0 bridgehead atoms. The van der Waals surface area contributed by atoms with E-state index in [1.807, 2.05) is 61.7 Å². The number of aromatic nitrogens is 3. The first-order valence-electron chi connectivity index (χ1n) is 9.26. The molecule has 7 nitrogen and oxygen atoms in total. The van der Waals surface area contributed by atoms with Gasteiger partial charge in [-0.1, -0.05) is 36.4 Å². The summed E-state index contributed by atoms with van der Waals surface area (Å²) < 4.78 is 2.05. The highest BCUT2D eigenvalue weighted by Crippen LogP contribution is 2.21. The average molecular weight is 375 g/mol. The largest absolute Gasteiger partial charge is 0.350 e. The van der Waals surface area contributed by atoms with E-state index in [0.717, 1.165) is 28.4 Å². The van der Waals surface area contributed by atoms with Gasteiger partial charge in [0.1, 0.15) is 0 Å². The lowest BCUT2D eigenvalue weighted by Gasteiger charge is -2.06. The third-order valence-electron chi connectivity index (χ3n) is 4.76. The summed E-state index contributed by atoms with van der Waals surface area (Å²) in [4.78, 5) is 24.9. The van der Waals surface area contributed by atoms with Gasteiger partial charge < -0.3 is 15.2 Å². The summed E-state index contributed by atoms with van der Waals surface area (Å²) in [6.07, 6.45) is 1.87. The van der Waals surface area contributed by atoms with Crippen LogP contribution in [0.3, 0.4) is 0 Å². The zero-order valence-electron chi connectivity index (χ0n) is 15.5. The number of rotatable bonds is 6. The summed E-state index contributed by atoms with van der Waals surface area (Å²) >= 11 is 0. The summed E-state index contributed by atoms with van der Waals surface area (Å²) in [5.41, 5.74) is 2.84. The van der Waals surface area contributed by atoms with Gasteiger partial charge >= 0.3 is 0 Å². The lowest BCUT2D eigenvalue weighted by atomic mass is 10.1. The highest BCUT2D eigenvalue weighted by atomic mass is 16.2. The van der Waals surface area contributed by atoms with Gasteiger partial charge in [-0.2, -0.15) is 5.10 Å². The molecule has 2 aromatic carbocycles. The monoisotopic (exact) mass is 375 g/mol. The fraction of sp³-hybridized carbons (Fsp3) is 0.190. The maximum absolute atomic E-state index is 12.6. The van der Waals surface area contributed by atoms with E-state index < -0.39 is 0 Å². The minimum absolute atomic E-state index is 0.150. The number of hydrogen-bond donors (Lipinski definition) is 3. The number of aromatic amines is 1. The summed E-state index contributed by atoms with van der Waals surface area (Å²) in [6, 6.07) is 15.3. The second-order valence-electron chi connectivity index (χ2n) is 6.48. The fourth-order valence-electron chi connectivity index (χ4n) is 3.36. The van der Waals surface area contributed by atoms with E-state index in [1.165, 1.54) is 0 Å². The Hall–Kier alpha value is -3.61. The van der Waals surface area contributed by atoms with Crippen molar-refractivity contribution in [2.45, 2.75) is 13.5 Å². The molecule has 28 heavy (non-hydrogen) atoms. The van der Waals surface area contributed by atoms with Crippen LogP contribution < -0.4 is 10.6 Å². The van der Waals surface area contributed by atoms with Crippen LogP contribution in [0.4, 0.5) is 0 Å². The average Bonchev–Trinajstić information content (AvgIpc) is 3.32. The first kappa shape index (κ1) is 17.8. The molecular formula is C21H21N5O2. The van der Waals surface area contributed by atoms with Crippen LogP contribution in [0.25, 0.3) is 21.8 Å². The smallest absolute Gasteiger partial charge is 0.272 e. The molecule has 7 heteroatoms. The first-order chi connectivity index (χ1) is 13.7. The van der Waals surface area contributed by atoms with Gasteiger partial charge in [-0.05, 0) is 19.1 Å². The third kappa shape index (κ3) is 3.22. The first-order valence-corrected chi connectivity index (χ1v) is 9.26. The highest BCUT2D eigenvalue weighted by Gasteiger charge is 2.15. The van der Waals surface area contributed by atoms with Crippen LogP contribution in [0.2, 0.25) is 0 Å². The molecule has 0 atom stereocenters. The van der Waals surface area contributed by atoms with Crippen molar-refractivity contribution >= 4 is 33.6 Å². The number of benzene rings is 2. The van der Waals surface area contributed by atoms with Gasteiger partial charge in [0.2, 0.25) is 0 Å². The van der Waals surface area contributed by atoms with Gasteiger partial charge in [0.15, 0.2) is 5.69 Å². The molecule has 0 saturated carbocycles. The lowest BCUT2D eigenvalue weighted by Crippen LogP contribution is -2.34. The number of amides is 2. The lowest BCUT2D eigenvalue weighted by molar-refractivity contribution is 0.0926. The van der Waals surface area contributed by atoms with Crippen molar-refractivity contribution in [1.29, 1.82) is 0 Å². The number of aryl methyl sites for hydroxylation is 1. The van der Waals surface area contributed by atoms with Crippen LogP contribution in [0.5, 0.6) is 0 Å². The van der Waals surface area contributed by atoms with Crippen LogP contribution in [0.15, 0.2) is 54.7 Å². The molecule has 0 aliphatic heterocycles. The maximum Gasteiger partial charge on any atom is 0.272 e. The molecule has 4 rings (SSSR count). The summed E-state index contributed by atoms with van der Waals surface area (Å²) in [5, 5.41) is 14.3. The Kier molecular flexibility index (Phi) is 4.80. The van der Waals surface area contributed by atoms with Crippen molar-refractivity contribution < 1.29 is 9.59 Å². The molecule has 2 aromatic heterocycles. The van der Waals surface area contributed by atoms with E-state index in [9.17, 15) is 9.59 Å². The predicted molar refractivity (Wildman–Crippen MR) is 108 cm³/mol. The third-order valence-corrected chi connectivity index (χ3v) is 4.76. The molecule has 2 amide bonds. The summed E-state index contributed by atoms with van der Waals surface area (Å²) in [5.74, 6) is -0.419. The van der Waals surface area contributed by atoms with E-state index in [-0.39, 0.29) is 11.8 Å². The number of nitrogens with one attached hydrogen (secondary N) is 3. The Balaban J connectivity index is 1.37. The topological polar surface area (TPSA) is 91.8 Å². The number of fused-ring (bicyclic) bond motifs is 2. The fourth-order valence-corrected chi connectivity index (χ4v) is 3.36. The molecule has 142 valence electrons. The molecule has 4 aromatic rings. The maximum atomic E-state index is 12.6. The van der Waals surface area contributed by atoms with Gasteiger partial charge in [0.05, 0.1) is 11.1 Å². The Morgan fingerprint density at radius 1 is 0.964 bits per heavy atom. The van der Waals surface area contributed by atoms with Crippen molar-refractivity contribution in [1.82, 2.24) is 25.4 Å². The molecular weight excluding hydrogens is 354 g/mol. The molecule has 2 heterocycles. The van der Waals surface area contributed by atoms with Crippen LogP contribution in [-0.2, 0) is 6.54 Å². The molecule has 0 spiro atoms. The Bertz CT molecular complexity index is 1160. The number of carbonyl (C=O) groups is 2. The number of nitrogens with zero attached hydrogens (tertiary/aromatic N) is 2. The Labute approximate surface area is 161 Å². The standard InChI is InChI=1S/C21H21N5O2/c1-2-26-13-16(14-7-4-6-10-18(14)26)20(27)22-11-12-23-21(28)19-15-8-3-5-9-17(15)24-25-19/h3-10,13H,2,11-12H2,1H3,(H,22,27)(H,23,28)(H,24,25). The molecule has 0 aliphatic rings. The summed E-state index contributed by atoms with van der Waals surface area (Å²) in [7, 11) is 0. The molecule has 0 saturated heterocycles. The van der Waals surface area contributed by atoms with Gasteiger partial charge in [-0.3, -0.25) is 14.7 Å². The molecule has 0 radical (unpaired) electrons. The van der Waals surface area contributed by atoms with Gasteiger partial charge in [-0.25, -0.2) is 0 Å². The zero-order chi connectivity index (χ0) is 19.5. The normalized spacial score (nSPS) is 11.0. The quantitative estimate of drug-likeness (QED) is 0.453. The second kappa shape index (κ2) is 7.56. The van der Waals surface area contributed by atoms with Gasteiger partial charge in [0.25, 0.3) is 11.8 Å². The van der Waals surface area contributed by atoms with E-state index in [4.69, 9.17) is 0 Å². The number of carbonyl (C=O) groups excluding carboxylic acids is 2. The van der Waals surface area contributed by atoms with Crippen molar-refractivity contribution in [2.75, 3.05) is 13.1 Å². The van der Waals surface area contributed by atoms with Gasteiger partial charge in [0, 0.05) is 42.1 Å². The minimum Gasteiger partial charge on any atom is -0.350 e. The predicted octanol–water partition coefficient (Wildman–Crippen LogP) is 2.70. The molecule has 0 fully saturated rings. The number of para-hydroxylation sites is 2. The van der Waals surface area contributed by atoms with E-state index >= 15 is 0 Å². The second-order valence-corrected chi connectivity index (χ2v) is 6.48. The Morgan fingerprint density at radius 2 is 1.64 bits per heavy atom. The van der Waals surface area contributed by atoms with Crippen LogP contribution in [-0.4, -0.2) is 39.7 Å². The molecule has 0 unspecified atom stereocenters.